The fourth-order valence-electron chi connectivity index (χ4n) is 2.48. The average Bonchev–Trinajstić information content (AvgIpc) is 2.60. The first-order chi connectivity index (χ1) is 11.1. The molecule has 23 heavy (non-hydrogen) atoms. The number of amides is 1. The molecule has 2 aromatic rings. The van der Waals surface area contributed by atoms with E-state index in [9.17, 15) is 20.2 Å². The van der Waals surface area contributed by atoms with E-state index in [0.29, 0.717) is 11.3 Å². The summed E-state index contributed by atoms with van der Waals surface area (Å²) in [7, 11) is 0. The lowest BCUT2D eigenvalue weighted by molar-refractivity contribution is -0.384. The molecule has 0 N–H and O–H groups in total. The Morgan fingerprint density at radius 3 is 2.52 bits per heavy atom. The normalized spacial score (nSPS) is 15.6. The van der Waals surface area contributed by atoms with Crippen molar-refractivity contribution in [3.8, 4) is 6.07 Å². The topological polar surface area (TPSA) is 87.2 Å². The summed E-state index contributed by atoms with van der Waals surface area (Å²) in [5.41, 5.74) is 1.69. The van der Waals surface area contributed by atoms with Gasteiger partial charge in [0.25, 0.3) is 11.6 Å². The van der Waals surface area contributed by atoms with Crippen LogP contribution in [0.1, 0.15) is 15.9 Å². The molecule has 1 unspecified atom stereocenters. The van der Waals surface area contributed by atoms with Gasteiger partial charge in [-0.1, -0.05) is 24.3 Å². The number of para-hydroxylation sites is 1. The highest BCUT2D eigenvalue weighted by atomic mass is 16.6. The van der Waals surface area contributed by atoms with E-state index in [1.165, 1.54) is 29.2 Å². The summed E-state index contributed by atoms with van der Waals surface area (Å²) in [6.07, 6.45) is 3.47. The summed E-state index contributed by atoms with van der Waals surface area (Å²) in [5.74, 6) is -0.372. The zero-order valence-electron chi connectivity index (χ0n) is 11.9. The summed E-state index contributed by atoms with van der Waals surface area (Å²) in [6.45, 7) is 0. The summed E-state index contributed by atoms with van der Waals surface area (Å²) in [4.78, 5) is 24.4. The number of carbonyl (C=O) groups is 1. The van der Waals surface area contributed by atoms with Gasteiger partial charge in [-0.15, -0.1) is 0 Å². The highest BCUT2D eigenvalue weighted by Gasteiger charge is 2.28. The third kappa shape index (κ3) is 2.56. The number of non-ortho nitro benzene ring substituents is 1. The van der Waals surface area contributed by atoms with Crippen LogP contribution in [0.3, 0.4) is 0 Å². The molecule has 0 aliphatic carbocycles. The molecular formula is C17H11N3O3. The third-order valence-corrected chi connectivity index (χ3v) is 3.61. The second-order valence-corrected chi connectivity index (χ2v) is 4.97. The van der Waals surface area contributed by atoms with Gasteiger partial charge >= 0.3 is 0 Å². The molecule has 0 fully saturated rings. The van der Waals surface area contributed by atoms with Crippen LogP contribution in [0.15, 0.2) is 54.6 Å². The molecule has 2 aromatic carbocycles. The molecular weight excluding hydrogens is 294 g/mol. The van der Waals surface area contributed by atoms with Crippen LogP contribution in [0.5, 0.6) is 0 Å². The molecule has 0 spiro atoms. The van der Waals surface area contributed by atoms with Crippen LogP contribution in [0.2, 0.25) is 0 Å². The van der Waals surface area contributed by atoms with Gasteiger partial charge in [-0.25, -0.2) is 0 Å². The van der Waals surface area contributed by atoms with Crippen molar-refractivity contribution in [2.45, 2.75) is 6.04 Å². The maximum Gasteiger partial charge on any atom is 0.269 e. The molecule has 1 aliphatic rings. The molecule has 0 saturated heterocycles. The number of hydrogen-bond donors (Lipinski definition) is 0. The largest absolute Gasteiger partial charge is 0.288 e. The maximum atomic E-state index is 12.8. The standard InChI is InChI=1S/C17H11N3O3/c18-11-15-10-5-12-3-1-2-4-16(12)19(15)17(21)13-6-8-14(9-7-13)20(22)23/h1-10,15H. The zero-order valence-corrected chi connectivity index (χ0v) is 11.9. The molecule has 1 atom stereocenters. The Bertz CT molecular complexity index is 850. The second-order valence-electron chi connectivity index (χ2n) is 4.97. The minimum absolute atomic E-state index is 0.0858. The van der Waals surface area contributed by atoms with Crippen LogP contribution >= 0.6 is 0 Å². The predicted octanol–water partition coefficient (Wildman–Crippen LogP) is 3.16. The van der Waals surface area contributed by atoms with E-state index in [1.54, 1.807) is 18.2 Å². The molecule has 0 aromatic heterocycles. The lowest BCUT2D eigenvalue weighted by atomic mass is 10.0. The highest BCUT2D eigenvalue weighted by Crippen LogP contribution is 2.30. The number of nitriles is 1. The number of fused-ring (bicyclic) bond motifs is 1. The van der Waals surface area contributed by atoms with E-state index in [4.69, 9.17) is 0 Å². The Labute approximate surface area is 132 Å². The van der Waals surface area contributed by atoms with Crippen molar-refractivity contribution in [3.63, 3.8) is 0 Å². The maximum absolute atomic E-state index is 12.8. The molecule has 1 amide bonds. The quantitative estimate of drug-likeness (QED) is 0.630. The van der Waals surface area contributed by atoms with Gasteiger partial charge in [0.15, 0.2) is 0 Å². The number of hydrogen-bond acceptors (Lipinski definition) is 4. The van der Waals surface area contributed by atoms with Crippen LogP contribution < -0.4 is 4.90 Å². The molecule has 3 rings (SSSR count). The fourth-order valence-corrected chi connectivity index (χ4v) is 2.48. The van der Waals surface area contributed by atoms with E-state index in [1.807, 2.05) is 18.2 Å². The van der Waals surface area contributed by atoms with Gasteiger partial charge in [-0.2, -0.15) is 5.26 Å². The Hall–Kier alpha value is -3.46. The monoisotopic (exact) mass is 305 g/mol. The number of nitro groups is 1. The third-order valence-electron chi connectivity index (χ3n) is 3.61. The van der Waals surface area contributed by atoms with Gasteiger partial charge in [0.2, 0.25) is 0 Å². The van der Waals surface area contributed by atoms with E-state index in [0.717, 1.165) is 5.56 Å². The van der Waals surface area contributed by atoms with Gasteiger partial charge in [0.05, 0.1) is 16.7 Å². The Morgan fingerprint density at radius 1 is 1.17 bits per heavy atom. The van der Waals surface area contributed by atoms with E-state index in [-0.39, 0.29) is 11.6 Å². The minimum Gasteiger partial charge on any atom is -0.288 e. The predicted molar refractivity (Wildman–Crippen MR) is 84.8 cm³/mol. The Balaban J connectivity index is 2.01. The van der Waals surface area contributed by atoms with Crippen molar-refractivity contribution in [3.05, 3.63) is 75.8 Å². The summed E-state index contributed by atoms with van der Waals surface area (Å²) in [6, 6.07) is 14.0. The first-order valence-corrected chi connectivity index (χ1v) is 6.86. The SMILES string of the molecule is N#CC1C=Cc2ccccc2N1C(=O)c1ccc([N+](=O)[O-])cc1. The van der Waals surface area contributed by atoms with Crippen LogP contribution in [0.4, 0.5) is 11.4 Å². The number of nitrogens with zero attached hydrogens (tertiary/aromatic N) is 3. The smallest absolute Gasteiger partial charge is 0.269 e. The van der Waals surface area contributed by atoms with Gasteiger partial charge in [-0.3, -0.25) is 19.8 Å². The summed E-state index contributed by atoms with van der Waals surface area (Å²) < 4.78 is 0. The average molecular weight is 305 g/mol. The summed E-state index contributed by atoms with van der Waals surface area (Å²) in [5, 5.41) is 20.0. The molecule has 1 heterocycles. The number of benzene rings is 2. The minimum atomic E-state index is -0.715. The van der Waals surface area contributed by atoms with Crippen LogP contribution in [-0.4, -0.2) is 16.9 Å². The molecule has 0 saturated carbocycles. The van der Waals surface area contributed by atoms with Crippen molar-refractivity contribution in [1.29, 1.82) is 5.26 Å². The molecule has 0 radical (unpaired) electrons. The van der Waals surface area contributed by atoms with Crippen molar-refractivity contribution in [2.24, 2.45) is 0 Å². The number of carbonyl (C=O) groups excluding carboxylic acids is 1. The van der Waals surface area contributed by atoms with Crippen LogP contribution in [0, 0.1) is 21.4 Å². The lowest BCUT2D eigenvalue weighted by Crippen LogP contribution is -2.40. The van der Waals surface area contributed by atoms with Crippen molar-refractivity contribution >= 4 is 23.4 Å². The zero-order chi connectivity index (χ0) is 16.4. The molecule has 0 bridgehead atoms. The van der Waals surface area contributed by atoms with Gasteiger partial charge in [0, 0.05) is 17.7 Å². The van der Waals surface area contributed by atoms with E-state index < -0.39 is 11.0 Å². The van der Waals surface area contributed by atoms with Crippen molar-refractivity contribution in [1.82, 2.24) is 0 Å². The Morgan fingerprint density at radius 2 is 1.87 bits per heavy atom. The van der Waals surface area contributed by atoms with Crippen molar-refractivity contribution < 1.29 is 9.72 Å². The molecule has 6 heteroatoms. The number of rotatable bonds is 2. The van der Waals surface area contributed by atoms with Crippen LogP contribution in [0.25, 0.3) is 6.08 Å². The molecule has 112 valence electrons. The fraction of sp³-hybridized carbons (Fsp3) is 0.0588. The molecule has 6 nitrogen and oxygen atoms in total. The first kappa shape index (κ1) is 14.5. The Kier molecular flexibility index (Phi) is 3.61. The lowest BCUT2D eigenvalue weighted by Gasteiger charge is -2.30. The first-order valence-electron chi connectivity index (χ1n) is 6.86. The van der Waals surface area contributed by atoms with Gasteiger partial charge in [0.1, 0.15) is 6.04 Å². The van der Waals surface area contributed by atoms with Gasteiger partial charge < -0.3 is 0 Å². The number of nitro benzene ring substituents is 1. The van der Waals surface area contributed by atoms with E-state index in [2.05, 4.69) is 6.07 Å². The van der Waals surface area contributed by atoms with Crippen molar-refractivity contribution in [2.75, 3.05) is 4.90 Å². The highest BCUT2D eigenvalue weighted by molar-refractivity contribution is 6.09. The van der Waals surface area contributed by atoms with Crippen LogP contribution in [-0.2, 0) is 0 Å². The van der Waals surface area contributed by atoms with Gasteiger partial charge in [-0.05, 0) is 29.8 Å². The second kappa shape index (κ2) is 5.73. The van der Waals surface area contributed by atoms with E-state index >= 15 is 0 Å². The molecule has 1 aliphatic heterocycles. The summed E-state index contributed by atoms with van der Waals surface area (Å²) >= 11 is 0. The number of anilines is 1.